The summed E-state index contributed by atoms with van der Waals surface area (Å²) < 4.78 is 5.02. The van der Waals surface area contributed by atoms with E-state index in [9.17, 15) is 14.4 Å². The van der Waals surface area contributed by atoms with Gasteiger partial charge < -0.3 is 15.4 Å². The van der Waals surface area contributed by atoms with Crippen LogP contribution in [0.3, 0.4) is 0 Å². The van der Waals surface area contributed by atoms with Crippen molar-refractivity contribution in [3.8, 4) is 0 Å². The van der Waals surface area contributed by atoms with Gasteiger partial charge in [-0.1, -0.05) is 33.1 Å². The smallest absolute Gasteiger partial charge is 0.338 e. The zero-order valence-corrected chi connectivity index (χ0v) is 15.3. The van der Waals surface area contributed by atoms with Gasteiger partial charge in [0.15, 0.2) is 6.61 Å². The van der Waals surface area contributed by atoms with Crippen LogP contribution in [0.25, 0.3) is 0 Å². The third-order valence-electron chi connectivity index (χ3n) is 3.91. The first-order chi connectivity index (χ1) is 12.0. The molecule has 0 spiro atoms. The standard InChI is InChI=1S/C19H28N2O4/c1-4-6-7-15(5-2)12-20-18(23)13-25-19(24)16-8-10-17(11-9-16)21-14(3)22/h8-11,15H,4-7,12-13H2,1-3H3,(H,20,23)(H,21,22)/t15-/m1/s1. The van der Waals surface area contributed by atoms with Gasteiger partial charge in [0.1, 0.15) is 0 Å². The molecule has 0 heterocycles. The van der Waals surface area contributed by atoms with E-state index in [1.54, 1.807) is 24.3 Å². The summed E-state index contributed by atoms with van der Waals surface area (Å²) in [5.74, 6) is -0.585. The second kappa shape index (κ2) is 11.2. The zero-order chi connectivity index (χ0) is 18.7. The first-order valence-electron chi connectivity index (χ1n) is 8.77. The summed E-state index contributed by atoms with van der Waals surface area (Å²) in [4.78, 5) is 34.7. The van der Waals surface area contributed by atoms with E-state index in [0.717, 1.165) is 25.7 Å². The minimum Gasteiger partial charge on any atom is -0.452 e. The molecule has 1 atom stereocenters. The number of hydrogen-bond acceptors (Lipinski definition) is 4. The fraction of sp³-hybridized carbons (Fsp3) is 0.526. The van der Waals surface area contributed by atoms with Crippen LogP contribution < -0.4 is 10.6 Å². The molecule has 0 unspecified atom stereocenters. The van der Waals surface area contributed by atoms with Crippen LogP contribution in [0.1, 0.15) is 56.8 Å². The Morgan fingerprint density at radius 3 is 2.36 bits per heavy atom. The van der Waals surface area contributed by atoms with Gasteiger partial charge in [0.05, 0.1) is 5.56 Å². The first kappa shape index (κ1) is 20.7. The Kier molecular flexibility index (Phi) is 9.29. The number of anilines is 1. The maximum absolute atomic E-state index is 11.9. The normalized spacial score (nSPS) is 11.5. The molecular formula is C19H28N2O4. The highest BCUT2D eigenvalue weighted by molar-refractivity contribution is 5.93. The number of nitrogens with one attached hydrogen (secondary N) is 2. The lowest BCUT2D eigenvalue weighted by molar-refractivity contribution is -0.124. The molecule has 0 bridgehead atoms. The zero-order valence-electron chi connectivity index (χ0n) is 15.3. The topological polar surface area (TPSA) is 84.5 Å². The van der Waals surface area contributed by atoms with E-state index in [1.165, 1.54) is 6.92 Å². The van der Waals surface area contributed by atoms with Crippen molar-refractivity contribution in [1.29, 1.82) is 0 Å². The Hall–Kier alpha value is -2.37. The van der Waals surface area contributed by atoms with Crippen molar-refractivity contribution in [3.63, 3.8) is 0 Å². The van der Waals surface area contributed by atoms with E-state index in [2.05, 4.69) is 24.5 Å². The molecule has 0 saturated carbocycles. The van der Waals surface area contributed by atoms with Crippen LogP contribution in [0.4, 0.5) is 5.69 Å². The molecule has 25 heavy (non-hydrogen) atoms. The van der Waals surface area contributed by atoms with Crippen molar-refractivity contribution in [3.05, 3.63) is 29.8 Å². The quantitative estimate of drug-likeness (QED) is 0.636. The minimum atomic E-state index is -0.567. The predicted octanol–water partition coefficient (Wildman–Crippen LogP) is 3.13. The molecule has 2 N–H and O–H groups in total. The summed E-state index contributed by atoms with van der Waals surface area (Å²) in [6.45, 7) is 5.98. The molecule has 1 aromatic rings. The van der Waals surface area contributed by atoms with E-state index < -0.39 is 5.97 Å². The van der Waals surface area contributed by atoms with Gasteiger partial charge >= 0.3 is 5.97 Å². The highest BCUT2D eigenvalue weighted by Crippen LogP contribution is 2.12. The molecule has 0 aromatic heterocycles. The van der Waals surface area contributed by atoms with Crippen LogP contribution >= 0.6 is 0 Å². The average Bonchev–Trinajstić information content (AvgIpc) is 2.60. The second-order valence-electron chi connectivity index (χ2n) is 6.06. The molecule has 0 aliphatic heterocycles. The van der Waals surface area contributed by atoms with Crippen LogP contribution in [0.5, 0.6) is 0 Å². The lowest BCUT2D eigenvalue weighted by Crippen LogP contribution is -2.32. The highest BCUT2D eigenvalue weighted by Gasteiger charge is 2.12. The maximum atomic E-state index is 11.9. The Labute approximate surface area is 149 Å². The molecule has 6 nitrogen and oxygen atoms in total. The number of ether oxygens (including phenoxy) is 1. The number of unbranched alkanes of at least 4 members (excludes halogenated alkanes) is 1. The van der Waals surface area contributed by atoms with Crippen molar-refractivity contribution < 1.29 is 19.1 Å². The molecule has 1 rings (SSSR count). The summed E-state index contributed by atoms with van der Waals surface area (Å²) in [5, 5.41) is 5.43. The molecule has 0 fully saturated rings. The van der Waals surface area contributed by atoms with Gasteiger partial charge in [-0.3, -0.25) is 9.59 Å². The average molecular weight is 348 g/mol. The van der Waals surface area contributed by atoms with Crippen molar-refractivity contribution in [1.82, 2.24) is 5.32 Å². The molecule has 0 radical (unpaired) electrons. The van der Waals surface area contributed by atoms with Gasteiger partial charge in [-0.2, -0.15) is 0 Å². The fourth-order valence-electron chi connectivity index (χ4n) is 2.36. The Morgan fingerprint density at radius 1 is 1.12 bits per heavy atom. The third-order valence-corrected chi connectivity index (χ3v) is 3.91. The molecule has 138 valence electrons. The van der Waals surface area contributed by atoms with Crippen LogP contribution in [0, 0.1) is 5.92 Å². The largest absolute Gasteiger partial charge is 0.452 e. The summed E-state index contributed by atoms with van der Waals surface area (Å²) in [6.07, 6.45) is 4.40. The number of benzene rings is 1. The van der Waals surface area contributed by atoms with E-state index in [1.807, 2.05) is 0 Å². The predicted molar refractivity (Wildman–Crippen MR) is 97.3 cm³/mol. The number of hydrogen-bond donors (Lipinski definition) is 2. The van der Waals surface area contributed by atoms with E-state index >= 15 is 0 Å². The Morgan fingerprint density at radius 2 is 1.80 bits per heavy atom. The summed E-state index contributed by atoms with van der Waals surface area (Å²) in [6, 6.07) is 6.31. The molecule has 0 saturated heterocycles. The maximum Gasteiger partial charge on any atom is 0.338 e. The van der Waals surface area contributed by atoms with Gasteiger partial charge in [-0.15, -0.1) is 0 Å². The van der Waals surface area contributed by atoms with Crippen LogP contribution in [0.15, 0.2) is 24.3 Å². The Balaban J connectivity index is 2.37. The number of carbonyl (C=O) groups excluding carboxylic acids is 3. The van der Waals surface area contributed by atoms with Gasteiger partial charge in [0.25, 0.3) is 5.91 Å². The number of carbonyl (C=O) groups is 3. The lowest BCUT2D eigenvalue weighted by Gasteiger charge is -2.15. The monoisotopic (exact) mass is 348 g/mol. The number of amides is 2. The fourth-order valence-corrected chi connectivity index (χ4v) is 2.36. The minimum absolute atomic E-state index is 0.184. The molecule has 0 aliphatic rings. The van der Waals surface area contributed by atoms with Crippen molar-refractivity contribution in [2.75, 3.05) is 18.5 Å². The molecule has 1 aromatic carbocycles. The SMILES string of the molecule is CCCC[C@@H](CC)CNC(=O)COC(=O)c1ccc(NC(C)=O)cc1. The van der Waals surface area contributed by atoms with Gasteiger partial charge in [-0.25, -0.2) is 4.79 Å². The van der Waals surface area contributed by atoms with Crippen LogP contribution in [-0.2, 0) is 14.3 Å². The Bertz CT molecular complexity index is 569. The van der Waals surface area contributed by atoms with Crippen LogP contribution in [-0.4, -0.2) is 30.9 Å². The summed E-state index contributed by atoms with van der Waals surface area (Å²) in [7, 11) is 0. The third kappa shape index (κ3) is 8.33. The van der Waals surface area contributed by atoms with Crippen molar-refractivity contribution in [2.45, 2.75) is 46.5 Å². The second-order valence-corrected chi connectivity index (χ2v) is 6.06. The molecular weight excluding hydrogens is 320 g/mol. The molecule has 0 aliphatic carbocycles. The van der Waals surface area contributed by atoms with Gasteiger partial charge in [0.2, 0.25) is 5.91 Å². The molecule has 2 amide bonds. The van der Waals surface area contributed by atoms with Crippen molar-refractivity contribution >= 4 is 23.5 Å². The highest BCUT2D eigenvalue weighted by atomic mass is 16.5. The summed E-state index contributed by atoms with van der Waals surface area (Å²) >= 11 is 0. The number of esters is 1. The van der Waals surface area contributed by atoms with E-state index in [-0.39, 0.29) is 18.4 Å². The lowest BCUT2D eigenvalue weighted by atomic mass is 9.99. The first-order valence-corrected chi connectivity index (χ1v) is 8.77. The van der Waals surface area contributed by atoms with E-state index in [4.69, 9.17) is 4.74 Å². The van der Waals surface area contributed by atoms with E-state index in [0.29, 0.717) is 23.7 Å². The van der Waals surface area contributed by atoms with Gasteiger partial charge in [0, 0.05) is 19.2 Å². The number of rotatable bonds is 10. The van der Waals surface area contributed by atoms with Crippen molar-refractivity contribution in [2.24, 2.45) is 5.92 Å². The van der Waals surface area contributed by atoms with Crippen LogP contribution in [0.2, 0.25) is 0 Å². The summed E-state index contributed by atoms with van der Waals surface area (Å²) in [5.41, 5.74) is 0.927. The molecule has 6 heteroatoms. The van der Waals surface area contributed by atoms with Gasteiger partial charge in [-0.05, 0) is 36.6 Å².